The van der Waals surface area contributed by atoms with Crippen LogP contribution in [0.3, 0.4) is 0 Å². The van der Waals surface area contributed by atoms with Gasteiger partial charge in [0.15, 0.2) is 0 Å². The van der Waals surface area contributed by atoms with Crippen LogP contribution in [0.25, 0.3) is 10.6 Å². The van der Waals surface area contributed by atoms with Gasteiger partial charge in [0.25, 0.3) is 5.91 Å². The van der Waals surface area contributed by atoms with Crippen molar-refractivity contribution in [3.8, 4) is 10.6 Å². The lowest BCUT2D eigenvalue weighted by Crippen LogP contribution is -2.42. The van der Waals surface area contributed by atoms with Gasteiger partial charge >= 0.3 is 0 Å². The zero-order valence-corrected chi connectivity index (χ0v) is 13.0. The summed E-state index contributed by atoms with van der Waals surface area (Å²) in [5.74, 6) is 1.47. The second-order valence-corrected chi connectivity index (χ2v) is 7.24. The van der Waals surface area contributed by atoms with Crippen molar-refractivity contribution < 1.29 is 9.90 Å². The van der Waals surface area contributed by atoms with Crippen LogP contribution in [0.15, 0.2) is 36.5 Å². The second kappa shape index (κ2) is 6.17. The SMILES string of the molecule is O=C(NCC1(O)CCSC1)c1cnc(-c2ccccc2)s1. The largest absolute Gasteiger partial charge is 0.387 e. The Hall–Kier alpha value is -1.37. The lowest BCUT2D eigenvalue weighted by molar-refractivity contribution is 0.0614. The number of aliphatic hydroxyl groups is 1. The Balaban J connectivity index is 1.64. The lowest BCUT2D eigenvalue weighted by Gasteiger charge is -2.21. The highest BCUT2D eigenvalue weighted by Gasteiger charge is 2.32. The maximum Gasteiger partial charge on any atom is 0.263 e. The number of thiazole rings is 1. The Morgan fingerprint density at radius 2 is 2.19 bits per heavy atom. The summed E-state index contributed by atoms with van der Waals surface area (Å²) in [6.07, 6.45) is 2.33. The van der Waals surface area contributed by atoms with Gasteiger partial charge in [-0.3, -0.25) is 4.79 Å². The summed E-state index contributed by atoms with van der Waals surface area (Å²) in [5, 5.41) is 13.9. The molecule has 1 aliphatic rings. The molecule has 0 saturated carbocycles. The molecule has 21 heavy (non-hydrogen) atoms. The maximum atomic E-state index is 12.1. The van der Waals surface area contributed by atoms with E-state index < -0.39 is 5.60 Å². The Kier molecular flexibility index (Phi) is 4.28. The highest BCUT2D eigenvalue weighted by molar-refractivity contribution is 7.99. The van der Waals surface area contributed by atoms with Crippen LogP contribution in [-0.4, -0.2) is 39.6 Å². The highest BCUT2D eigenvalue weighted by Crippen LogP contribution is 2.28. The topological polar surface area (TPSA) is 62.2 Å². The zero-order chi connectivity index (χ0) is 14.7. The van der Waals surface area contributed by atoms with E-state index >= 15 is 0 Å². The van der Waals surface area contributed by atoms with Gasteiger partial charge in [-0.25, -0.2) is 4.98 Å². The molecule has 3 rings (SSSR count). The first-order valence-corrected chi connectivity index (χ1v) is 8.73. The highest BCUT2D eigenvalue weighted by atomic mass is 32.2. The van der Waals surface area contributed by atoms with Gasteiger partial charge in [0.2, 0.25) is 0 Å². The standard InChI is InChI=1S/C15H16N2O2S2/c18-13(17-9-15(19)6-7-20-10-15)12-8-16-14(21-12)11-4-2-1-3-5-11/h1-5,8,19H,6-7,9-10H2,(H,17,18). The average molecular weight is 320 g/mol. The van der Waals surface area contributed by atoms with E-state index in [2.05, 4.69) is 10.3 Å². The number of hydrogen-bond acceptors (Lipinski definition) is 5. The molecule has 0 aliphatic carbocycles. The number of carbonyl (C=O) groups excluding carboxylic acids is 1. The quantitative estimate of drug-likeness (QED) is 0.908. The minimum Gasteiger partial charge on any atom is -0.387 e. The minimum absolute atomic E-state index is 0.167. The van der Waals surface area contributed by atoms with Crippen molar-refractivity contribution in [3.63, 3.8) is 0 Å². The number of thioether (sulfide) groups is 1. The van der Waals surface area contributed by atoms with Crippen LogP contribution >= 0.6 is 23.1 Å². The van der Waals surface area contributed by atoms with Crippen LogP contribution in [0.2, 0.25) is 0 Å². The van der Waals surface area contributed by atoms with Crippen LogP contribution in [0, 0.1) is 0 Å². The molecular weight excluding hydrogens is 304 g/mol. The number of hydrogen-bond donors (Lipinski definition) is 2. The van der Waals surface area contributed by atoms with Crippen LogP contribution in [0.4, 0.5) is 0 Å². The number of benzene rings is 1. The fraction of sp³-hybridized carbons (Fsp3) is 0.333. The summed E-state index contributed by atoms with van der Waals surface area (Å²) in [4.78, 5) is 17.0. The molecule has 6 heteroatoms. The van der Waals surface area contributed by atoms with E-state index in [1.807, 2.05) is 30.3 Å². The monoisotopic (exact) mass is 320 g/mol. The summed E-state index contributed by atoms with van der Waals surface area (Å²) >= 11 is 3.08. The van der Waals surface area contributed by atoms with Crippen LogP contribution in [-0.2, 0) is 0 Å². The molecule has 0 radical (unpaired) electrons. The van der Waals surface area contributed by atoms with Crippen molar-refractivity contribution in [2.45, 2.75) is 12.0 Å². The van der Waals surface area contributed by atoms with E-state index in [4.69, 9.17) is 0 Å². The third kappa shape index (κ3) is 3.45. The van der Waals surface area contributed by atoms with Gasteiger partial charge in [-0.05, 0) is 12.2 Å². The summed E-state index contributed by atoms with van der Waals surface area (Å²) in [5.41, 5.74) is 0.250. The molecule has 4 nitrogen and oxygen atoms in total. The number of amides is 1. The van der Waals surface area contributed by atoms with Gasteiger partial charge in [0.1, 0.15) is 9.88 Å². The normalized spacial score (nSPS) is 21.4. The predicted octanol–water partition coefficient (Wildman–Crippen LogP) is 2.41. The molecule has 110 valence electrons. The van der Waals surface area contributed by atoms with E-state index in [9.17, 15) is 9.90 Å². The number of nitrogens with zero attached hydrogens (tertiary/aromatic N) is 1. The zero-order valence-electron chi connectivity index (χ0n) is 11.4. The Labute approximate surface area is 131 Å². The van der Waals surface area contributed by atoms with Crippen LogP contribution in [0.5, 0.6) is 0 Å². The number of rotatable bonds is 4. The smallest absolute Gasteiger partial charge is 0.263 e. The van der Waals surface area contributed by atoms with Crippen molar-refractivity contribution in [2.75, 3.05) is 18.1 Å². The molecule has 2 aromatic rings. The third-order valence-corrected chi connectivity index (χ3v) is 5.69. The molecule has 2 N–H and O–H groups in total. The molecular formula is C15H16N2O2S2. The van der Waals surface area contributed by atoms with Crippen molar-refractivity contribution in [2.24, 2.45) is 0 Å². The van der Waals surface area contributed by atoms with E-state index in [0.29, 0.717) is 17.2 Å². The predicted molar refractivity (Wildman–Crippen MR) is 86.8 cm³/mol. The molecule has 0 bridgehead atoms. The van der Waals surface area contributed by atoms with Crippen molar-refractivity contribution in [1.29, 1.82) is 0 Å². The van der Waals surface area contributed by atoms with Crippen molar-refractivity contribution >= 4 is 29.0 Å². The summed E-state index contributed by atoms with van der Waals surface area (Å²) < 4.78 is 0. The van der Waals surface area contributed by atoms with Crippen molar-refractivity contribution in [3.05, 3.63) is 41.4 Å². The molecule has 1 unspecified atom stereocenters. The first kappa shape index (κ1) is 14.6. The molecule has 1 saturated heterocycles. The van der Waals surface area contributed by atoms with Gasteiger partial charge < -0.3 is 10.4 Å². The Morgan fingerprint density at radius 1 is 1.38 bits per heavy atom. The van der Waals surface area contributed by atoms with Crippen LogP contribution in [0.1, 0.15) is 16.1 Å². The molecule has 0 spiro atoms. The molecule has 1 atom stereocenters. The van der Waals surface area contributed by atoms with E-state index in [1.54, 1.807) is 18.0 Å². The van der Waals surface area contributed by atoms with Gasteiger partial charge in [-0.15, -0.1) is 11.3 Å². The van der Waals surface area contributed by atoms with Gasteiger partial charge in [0.05, 0.1) is 11.8 Å². The average Bonchev–Trinajstić information content (AvgIpc) is 3.16. The molecule has 1 fully saturated rings. The van der Waals surface area contributed by atoms with Crippen molar-refractivity contribution in [1.82, 2.24) is 10.3 Å². The lowest BCUT2D eigenvalue weighted by atomic mass is 10.0. The van der Waals surface area contributed by atoms with Gasteiger partial charge in [0, 0.05) is 17.9 Å². The van der Waals surface area contributed by atoms with E-state index in [0.717, 1.165) is 22.7 Å². The molecule has 1 amide bonds. The Bertz CT molecular complexity index is 622. The molecule has 1 aromatic heterocycles. The number of carbonyl (C=O) groups is 1. The molecule has 2 heterocycles. The maximum absolute atomic E-state index is 12.1. The minimum atomic E-state index is -0.757. The van der Waals surface area contributed by atoms with Gasteiger partial charge in [-0.1, -0.05) is 30.3 Å². The first-order chi connectivity index (χ1) is 10.2. The third-order valence-electron chi connectivity index (χ3n) is 3.41. The summed E-state index contributed by atoms with van der Waals surface area (Å²) in [6, 6.07) is 9.79. The Morgan fingerprint density at radius 3 is 2.90 bits per heavy atom. The fourth-order valence-corrected chi connectivity index (χ4v) is 4.29. The summed E-state index contributed by atoms with van der Waals surface area (Å²) in [6.45, 7) is 0.303. The number of aromatic nitrogens is 1. The van der Waals surface area contributed by atoms with Crippen LogP contribution < -0.4 is 5.32 Å². The molecule has 1 aromatic carbocycles. The second-order valence-electron chi connectivity index (χ2n) is 5.11. The van der Waals surface area contributed by atoms with Gasteiger partial charge in [-0.2, -0.15) is 11.8 Å². The van der Waals surface area contributed by atoms with E-state index in [1.165, 1.54) is 11.3 Å². The number of nitrogens with one attached hydrogen (secondary N) is 1. The summed E-state index contributed by atoms with van der Waals surface area (Å²) in [7, 11) is 0. The van der Waals surface area contributed by atoms with E-state index in [-0.39, 0.29) is 5.91 Å². The molecule has 1 aliphatic heterocycles. The fourth-order valence-electron chi connectivity index (χ4n) is 2.16. The first-order valence-electron chi connectivity index (χ1n) is 6.76.